The summed E-state index contributed by atoms with van der Waals surface area (Å²) in [6, 6.07) is 49.0. The third-order valence-electron chi connectivity index (χ3n) is 7.28. The summed E-state index contributed by atoms with van der Waals surface area (Å²) in [5, 5.41) is 5.53. The molecule has 2 radical (unpaired) electrons. The van der Waals surface area contributed by atoms with E-state index in [0.29, 0.717) is 0 Å². The number of hydrogen-bond donors (Lipinski definition) is 0. The van der Waals surface area contributed by atoms with E-state index in [2.05, 4.69) is 134 Å². The summed E-state index contributed by atoms with van der Waals surface area (Å²) >= 11 is -0.826. The average molecular weight is 665 g/mol. The normalized spacial score (nSPS) is 10.9. The van der Waals surface area contributed by atoms with Crippen molar-refractivity contribution in [1.29, 1.82) is 0 Å². The Kier molecular flexibility index (Phi) is 11.0. The molecule has 0 fully saturated rings. The summed E-state index contributed by atoms with van der Waals surface area (Å²) in [5.74, 6) is 0. The van der Waals surface area contributed by atoms with E-state index in [1.807, 2.05) is 6.07 Å². The quantitative estimate of drug-likeness (QED) is 0.127. The van der Waals surface area contributed by atoms with Gasteiger partial charge in [0.2, 0.25) is 0 Å². The Labute approximate surface area is 265 Å². The largest absolute Gasteiger partial charge is 0.184 e. The first-order valence-electron chi connectivity index (χ1n) is 13.9. The summed E-state index contributed by atoms with van der Waals surface area (Å²) in [6.07, 6.45) is 3.60. The molecule has 41 heavy (non-hydrogen) atoms. The number of benzene rings is 5. The standard InChI is InChI=1S/C25H23.C12H7Si.2ClH.Zr/c1-2-3-10-21-15-16-22-17-23(19-11-6-4-7-12-19)18-24(22)25(21)20-13-8-5-9-14-20;1-3-7-11-9(5-1)10-6-2-4-8-12(10)13-11;;;/h4-9,11-18H,2-3,10H2,1H3;1-7H;2*1H;/q2*-1;;;+4/p-2. The van der Waals surface area contributed by atoms with E-state index in [9.17, 15) is 0 Å². The van der Waals surface area contributed by atoms with Gasteiger partial charge in [-0.15, -0.1) is 40.1 Å². The zero-order valence-corrected chi connectivity index (χ0v) is 28.0. The molecule has 0 spiro atoms. The first kappa shape index (κ1) is 29.9. The summed E-state index contributed by atoms with van der Waals surface area (Å²) < 4.78 is 0. The summed E-state index contributed by atoms with van der Waals surface area (Å²) in [6.45, 7) is 2.26. The first-order chi connectivity index (χ1) is 20.2. The minimum Gasteiger partial charge on any atom is -0.184 e. The number of hydrogen-bond acceptors (Lipinski definition) is 0. The van der Waals surface area contributed by atoms with Crippen LogP contribution in [0, 0.1) is 6.07 Å². The second-order valence-electron chi connectivity index (χ2n) is 9.88. The van der Waals surface area contributed by atoms with E-state index >= 15 is 0 Å². The Morgan fingerprint density at radius 1 is 0.756 bits per heavy atom. The fourth-order valence-corrected chi connectivity index (χ4v) is 6.68. The van der Waals surface area contributed by atoms with Crippen LogP contribution in [0.3, 0.4) is 0 Å². The second-order valence-corrected chi connectivity index (χ2v) is 14.9. The molecule has 6 aromatic carbocycles. The van der Waals surface area contributed by atoms with Gasteiger partial charge in [-0.1, -0.05) is 126 Å². The van der Waals surface area contributed by atoms with E-state index in [-0.39, 0.29) is 0 Å². The van der Waals surface area contributed by atoms with Gasteiger partial charge in [0, 0.05) is 0 Å². The third-order valence-corrected chi connectivity index (χ3v) is 8.65. The van der Waals surface area contributed by atoms with E-state index in [1.54, 1.807) is 0 Å². The van der Waals surface area contributed by atoms with Crippen molar-refractivity contribution in [3.8, 4) is 33.4 Å². The molecule has 0 atom stereocenters. The number of aryl methyl sites for hydroxylation is 1. The molecule has 0 nitrogen and oxygen atoms in total. The molecule has 0 N–H and O–H groups in total. The topological polar surface area (TPSA) is 0 Å². The molecule has 0 amide bonds. The van der Waals surface area contributed by atoms with Crippen LogP contribution >= 0.6 is 17.0 Å². The molecule has 0 saturated heterocycles. The Morgan fingerprint density at radius 3 is 2.15 bits per heavy atom. The fourth-order valence-electron chi connectivity index (χ4n) is 5.37. The average Bonchev–Trinajstić information content (AvgIpc) is 3.63. The number of rotatable bonds is 5. The van der Waals surface area contributed by atoms with Crippen molar-refractivity contribution in [1.82, 2.24) is 0 Å². The maximum Gasteiger partial charge on any atom is 0.0920 e. The molecule has 1 aliphatic rings. The Balaban J connectivity index is 0.000000175. The molecule has 200 valence electrons. The molecule has 0 aliphatic carbocycles. The van der Waals surface area contributed by atoms with Crippen LogP contribution in [0.5, 0.6) is 0 Å². The van der Waals surface area contributed by atoms with Gasteiger partial charge in [0.15, 0.2) is 0 Å². The van der Waals surface area contributed by atoms with Crippen molar-refractivity contribution in [3.63, 3.8) is 0 Å². The van der Waals surface area contributed by atoms with E-state index in [1.165, 1.54) is 72.9 Å². The molecule has 0 saturated carbocycles. The maximum absolute atomic E-state index is 4.93. The second kappa shape index (κ2) is 15.0. The van der Waals surface area contributed by atoms with Crippen molar-refractivity contribution in [2.45, 2.75) is 26.2 Å². The molecular formula is C37H30Cl2SiZr. The summed E-state index contributed by atoms with van der Waals surface area (Å²) in [4.78, 5) is 0. The van der Waals surface area contributed by atoms with Gasteiger partial charge in [-0.05, 0) is 24.0 Å². The van der Waals surface area contributed by atoms with Crippen molar-refractivity contribution in [2.24, 2.45) is 0 Å². The Morgan fingerprint density at radius 2 is 1.41 bits per heavy atom. The van der Waals surface area contributed by atoms with Crippen LogP contribution in [0.1, 0.15) is 25.3 Å². The first-order valence-corrected chi connectivity index (χ1v) is 21.2. The minimum atomic E-state index is -0.826. The van der Waals surface area contributed by atoms with E-state index in [4.69, 9.17) is 17.0 Å². The summed E-state index contributed by atoms with van der Waals surface area (Å²) in [7, 11) is 10.7. The number of fused-ring (bicyclic) bond motifs is 4. The predicted molar refractivity (Wildman–Crippen MR) is 176 cm³/mol. The summed E-state index contributed by atoms with van der Waals surface area (Å²) in [5.41, 5.74) is 9.56. The molecule has 7 rings (SSSR count). The molecule has 0 aromatic heterocycles. The van der Waals surface area contributed by atoms with Gasteiger partial charge in [0.05, 0.1) is 9.52 Å². The van der Waals surface area contributed by atoms with Crippen LogP contribution in [-0.2, 0) is 27.3 Å². The van der Waals surface area contributed by atoms with Gasteiger partial charge in [0.25, 0.3) is 0 Å². The van der Waals surface area contributed by atoms with Crippen molar-refractivity contribution in [2.75, 3.05) is 0 Å². The van der Waals surface area contributed by atoms with Crippen LogP contribution in [0.15, 0.2) is 127 Å². The zero-order valence-electron chi connectivity index (χ0n) is 23.0. The Hall–Kier alpha value is -2.61. The molecule has 6 aromatic rings. The van der Waals surface area contributed by atoms with Crippen LogP contribution < -0.4 is 10.4 Å². The van der Waals surface area contributed by atoms with Crippen molar-refractivity contribution < 1.29 is 20.8 Å². The zero-order chi connectivity index (χ0) is 28.4. The molecule has 0 unspecified atom stereocenters. The Bertz CT molecular complexity index is 1650. The fraction of sp³-hybridized carbons (Fsp3) is 0.108. The molecule has 4 heteroatoms. The van der Waals surface area contributed by atoms with Gasteiger partial charge in [-0.25, -0.2) is 0 Å². The third kappa shape index (κ3) is 7.25. The van der Waals surface area contributed by atoms with Crippen LogP contribution in [-0.4, -0.2) is 9.52 Å². The van der Waals surface area contributed by atoms with Crippen molar-refractivity contribution in [3.05, 3.63) is 139 Å². The van der Waals surface area contributed by atoms with Gasteiger partial charge >= 0.3 is 37.9 Å². The SMILES string of the molecule is CCCCc1ccc2[cH-]c(-c3ccccc3)cc2c1-c1ccccc1.[Cl][Zr+2][Cl].[c-]1cccc2c1[Si]c1ccccc1-2. The molecule has 1 heterocycles. The van der Waals surface area contributed by atoms with Crippen LogP contribution in [0.2, 0.25) is 0 Å². The number of halogens is 2. The van der Waals surface area contributed by atoms with Gasteiger partial charge in [-0.2, -0.15) is 29.5 Å². The maximum atomic E-state index is 4.93. The van der Waals surface area contributed by atoms with Crippen molar-refractivity contribution >= 4 is 47.7 Å². The van der Waals surface area contributed by atoms with Crippen LogP contribution in [0.25, 0.3) is 44.2 Å². The minimum absolute atomic E-state index is 0.795. The van der Waals surface area contributed by atoms with E-state index in [0.717, 1.165) is 15.9 Å². The predicted octanol–water partition coefficient (Wildman–Crippen LogP) is 9.73. The smallest absolute Gasteiger partial charge is 0.0920 e. The monoisotopic (exact) mass is 662 g/mol. The van der Waals surface area contributed by atoms with Gasteiger partial charge < -0.3 is 0 Å². The molecule has 1 aliphatic heterocycles. The van der Waals surface area contributed by atoms with E-state index < -0.39 is 20.8 Å². The number of unbranched alkanes of at least 4 members (excludes halogenated alkanes) is 1. The molecule has 0 bridgehead atoms. The van der Waals surface area contributed by atoms with Crippen LogP contribution in [0.4, 0.5) is 0 Å². The van der Waals surface area contributed by atoms with Gasteiger partial charge in [-0.3, -0.25) is 0 Å². The molecular weight excluding hydrogens is 635 g/mol. The van der Waals surface area contributed by atoms with Gasteiger partial charge in [0.1, 0.15) is 0 Å².